The van der Waals surface area contributed by atoms with Gasteiger partial charge in [0.25, 0.3) is 0 Å². The van der Waals surface area contributed by atoms with Crippen LogP contribution in [0.4, 0.5) is 0 Å². The van der Waals surface area contributed by atoms with E-state index in [0.29, 0.717) is 11.8 Å². The molecule has 0 bridgehead atoms. The fraction of sp³-hybridized carbons (Fsp3) is 0.615. The van der Waals surface area contributed by atoms with Crippen molar-refractivity contribution in [2.24, 2.45) is 22.9 Å². The molecule has 2 rings (SSSR count). The quantitative estimate of drug-likeness (QED) is 0.388. The summed E-state index contributed by atoms with van der Waals surface area (Å²) in [5.41, 5.74) is 3.62. The molecule has 1 N–H and O–H groups in total. The summed E-state index contributed by atoms with van der Waals surface area (Å²) in [6, 6.07) is 0. The number of oxime groups is 1. The number of nitrogens with zero attached hydrogens (tertiary/aromatic N) is 1. The molecule has 0 heterocycles. The van der Waals surface area contributed by atoms with Gasteiger partial charge in [0.2, 0.25) is 0 Å². The molecule has 2 nitrogen and oxygen atoms in total. The van der Waals surface area contributed by atoms with Gasteiger partial charge in [0.1, 0.15) is 0 Å². The number of hydrogen-bond acceptors (Lipinski definition) is 2. The molecular weight excluding hydrogens is 222 g/mol. The van der Waals surface area contributed by atoms with Crippen molar-refractivity contribution in [1.29, 1.82) is 0 Å². The van der Waals surface area contributed by atoms with Gasteiger partial charge in [0.05, 0.1) is 5.71 Å². The fourth-order valence-electron chi connectivity index (χ4n) is 3.36. The number of rotatable bonds is 0. The van der Waals surface area contributed by atoms with Gasteiger partial charge >= 0.3 is 0 Å². The van der Waals surface area contributed by atoms with Gasteiger partial charge in [0, 0.05) is 16.9 Å². The van der Waals surface area contributed by atoms with Gasteiger partial charge in [-0.3, -0.25) is 0 Å². The second-order valence-corrected chi connectivity index (χ2v) is 5.38. The van der Waals surface area contributed by atoms with Gasteiger partial charge in [0.15, 0.2) is 0 Å². The highest BCUT2D eigenvalue weighted by atomic mass is 35.5. The van der Waals surface area contributed by atoms with Crippen LogP contribution in [0.1, 0.15) is 33.6 Å². The van der Waals surface area contributed by atoms with Gasteiger partial charge in [-0.15, -0.1) is 0 Å². The lowest BCUT2D eigenvalue weighted by Crippen LogP contribution is -2.22. The molecule has 0 aromatic carbocycles. The van der Waals surface area contributed by atoms with Crippen molar-refractivity contribution in [1.82, 2.24) is 0 Å². The van der Waals surface area contributed by atoms with E-state index in [1.807, 2.05) is 6.92 Å². The lowest BCUT2D eigenvalue weighted by molar-refractivity contribution is 0.312. The normalized spacial score (nSPS) is 39.6. The van der Waals surface area contributed by atoms with Crippen molar-refractivity contribution >= 4 is 17.3 Å². The smallest absolute Gasteiger partial charge is 0.0651 e. The highest BCUT2D eigenvalue weighted by Crippen LogP contribution is 2.49. The molecule has 16 heavy (non-hydrogen) atoms. The third-order valence-corrected chi connectivity index (χ3v) is 4.20. The average Bonchev–Trinajstić information content (AvgIpc) is 2.51. The van der Waals surface area contributed by atoms with Crippen LogP contribution in [0.3, 0.4) is 0 Å². The molecule has 3 heteroatoms. The summed E-state index contributed by atoms with van der Waals surface area (Å²) in [5, 5.41) is 13.5. The van der Waals surface area contributed by atoms with E-state index in [1.54, 1.807) is 0 Å². The third kappa shape index (κ3) is 1.60. The number of halogens is 1. The molecule has 2 aliphatic rings. The largest absolute Gasteiger partial charge is 0.411 e. The lowest BCUT2D eigenvalue weighted by atomic mass is 9.82. The maximum absolute atomic E-state index is 9.08. The molecule has 2 aliphatic carbocycles. The first kappa shape index (κ1) is 11.7. The monoisotopic (exact) mass is 239 g/mol. The second kappa shape index (κ2) is 4.25. The maximum atomic E-state index is 9.08. The SMILES string of the molecule is C/C(Cl)=C1/C(C)C2=CCC/C(=N\O)C2[C@H]1C. The van der Waals surface area contributed by atoms with Gasteiger partial charge in [-0.1, -0.05) is 42.3 Å². The van der Waals surface area contributed by atoms with Gasteiger partial charge < -0.3 is 5.21 Å². The Morgan fingerprint density at radius 1 is 1.50 bits per heavy atom. The van der Waals surface area contributed by atoms with Crippen molar-refractivity contribution in [3.63, 3.8) is 0 Å². The Morgan fingerprint density at radius 3 is 2.75 bits per heavy atom. The Balaban J connectivity index is 2.49. The molecule has 88 valence electrons. The van der Waals surface area contributed by atoms with Crippen LogP contribution in [0.2, 0.25) is 0 Å². The molecule has 0 radical (unpaired) electrons. The van der Waals surface area contributed by atoms with Gasteiger partial charge in [-0.05, 0) is 31.3 Å². The fourth-order valence-corrected chi connectivity index (χ4v) is 3.70. The third-order valence-electron chi connectivity index (χ3n) is 3.98. The summed E-state index contributed by atoms with van der Waals surface area (Å²) in [4.78, 5) is 0. The molecule has 0 spiro atoms. The molecular formula is C13H18ClNO. The lowest BCUT2D eigenvalue weighted by Gasteiger charge is -2.22. The Kier molecular flexibility index (Phi) is 3.11. The molecule has 0 saturated heterocycles. The van der Waals surface area contributed by atoms with E-state index in [-0.39, 0.29) is 5.92 Å². The predicted octanol–water partition coefficient (Wildman–Crippen LogP) is 3.95. The van der Waals surface area contributed by atoms with E-state index < -0.39 is 0 Å². The molecule has 2 unspecified atom stereocenters. The predicted molar refractivity (Wildman–Crippen MR) is 66.9 cm³/mol. The van der Waals surface area contributed by atoms with Crippen molar-refractivity contribution in [2.45, 2.75) is 33.6 Å². The maximum Gasteiger partial charge on any atom is 0.0651 e. The summed E-state index contributed by atoms with van der Waals surface area (Å²) in [6.07, 6.45) is 4.15. The Hall–Kier alpha value is -0.760. The topological polar surface area (TPSA) is 32.6 Å². The van der Waals surface area contributed by atoms with Crippen LogP contribution in [0.15, 0.2) is 27.4 Å². The molecule has 1 fully saturated rings. The zero-order valence-corrected chi connectivity index (χ0v) is 10.8. The number of fused-ring (bicyclic) bond motifs is 1. The summed E-state index contributed by atoms with van der Waals surface area (Å²) < 4.78 is 0. The molecule has 0 amide bonds. The molecule has 1 saturated carbocycles. The minimum absolute atomic E-state index is 0.275. The minimum Gasteiger partial charge on any atom is -0.411 e. The van der Waals surface area contributed by atoms with Crippen LogP contribution in [-0.2, 0) is 0 Å². The van der Waals surface area contributed by atoms with Crippen LogP contribution in [-0.4, -0.2) is 10.9 Å². The minimum atomic E-state index is 0.275. The van der Waals surface area contributed by atoms with Gasteiger partial charge in [-0.2, -0.15) is 0 Å². The average molecular weight is 240 g/mol. The Bertz CT molecular complexity index is 391. The summed E-state index contributed by atoms with van der Waals surface area (Å²) >= 11 is 6.18. The van der Waals surface area contributed by atoms with Crippen molar-refractivity contribution in [3.8, 4) is 0 Å². The van der Waals surface area contributed by atoms with E-state index in [0.717, 1.165) is 23.6 Å². The Morgan fingerprint density at radius 2 is 2.19 bits per heavy atom. The second-order valence-electron chi connectivity index (χ2n) is 4.81. The van der Waals surface area contributed by atoms with E-state index in [1.165, 1.54) is 11.1 Å². The first-order valence-electron chi connectivity index (χ1n) is 5.84. The van der Waals surface area contributed by atoms with Crippen LogP contribution in [0, 0.1) is 17.8 Å². The van der Waals surface area contributed by atoms with E-state index >= 15 is 0 Å². The first-order chi connectivity index (χ1) is 7.57. The van der Waals surface area contributed by atoms with Crippen molar-refractivity contribution < 1.29 is 5.21 Å². The first-order valence-corrected chi connectivity index (χ1v) is 6.22. The Labute approximate surface area is 102 Å². The molecule has 0 aliphatic heterocycles. The number of allylic oxidation sites excluding steroid dienone is 4. The van der Waals surface area contributed by atoms with Crippen LogP contribution in [0.25, 0.3) is 0 Å². The van der Waals surface area contributed by atoms with Crippen molar-refractivity contribution in [2.75, 3.05) is 0 Å². The summed E-state index contributed by atoms with van der Waals surface area (Å²) in [5.74, 6) is 1.04. The standard InChI is InChI=1S/C13H18ClNO/c1-7-10-5-4-6-11(15-16)13(10)8(2)12(7)9(3)14/h5,7-8,13,16H,4,6H2,1-3H3/b12-9+,15-11+/t7?,8-,13?/m0/s1. The highest BCUT2D eigenvalue weighted by molar-refractivity contribution is 6.29. The van der Waals surface area contributed by atoms with Crippen molar-refractivity contribution in [3.05, 3.63) is 22.3 Å². The molecule has 0 aromatic heterocycles. The van der Waals surface area contributed by atoms with Crippen LogP contribution >= 0.6 is 11.6 Å². The summed E-state index contributed by atoms with van der Waals surface area (Å²) in [7, 11) is 0. The summed E-state index contributed by atoms with van der Waals surface area (Å²) in [6.45, 7) is 6.33. The molecule has 0 aromatic rings. The highest BCUT2D eigenvalue weighted by Gasteiger charge is 2.42. The number of hydrogen-bond donors (Lipinski definition) is 1. The zero-order chi connectivity index (χ0) is 11.9. The van der Waals surface area contributed by atoms with Crippen LogP contribution in [0.5, 0.6) is 0 Å². The van der Waals surface area contributed by atoms with Crippen LogP contribution < -0.4 is 0 Å². The van der Waals surface area contributed by atoms with E-state index in [2.05, 4.69) is 25.1 Å². The van der Waals surface area contributed by atoms with E-state index in [9.17, 15) is 0 Å². The zero-order valence-electron chi connectivity index (χ0n) is 10.00. The molecule has 3 atom stereocenters. The van der Waals surface area contributed by atoms with E-state index in [4.69, 9.17) is 16.8 Å². The van der Waals surface area contributed by atoms with Gasteiger partial charge in [-0.25, -0.2) is 0 Å².